The Bertz CT molecular complexity index is 346. The molecule has 1 atom stereocenters. The second-order valence-electron chi connectivity index (χ2n) is 4.81. The molecule has 0 radical (unpaired) electrons. The molecule has 4 heteroatoms. The number of allylic oxidation sites excluding steroid dienone is 1. The van der Waals surface area contributed by atoms with Gasteiger partial charge in [-0.2, -0.15) is 0 Å². The third-order valence-corrected chi connectivity index (χ3v) is 3.86. The zero-order valence-corrected chi connectivity index (χ0v) is 11.8. The van der Waals surface area contributed by atoms with Crippen LogP contribution in [0.15, 0.2) is 12.2 Å². The summed E-state index contributed by atoms with van der Waals surface area (Å²) in [4.78, 5) is 26.3. The molecule has 0 bridgehead atoms. The minimum Gasteiger partial charge on any atom is -0.340 e. The van der Waals surface area contributed by atoms with Gasteiger partial charge in [0.2, 0.25) is 11.8 Å². The van der Waals surface area contributed by atoms with Gasteiger partial charge in [0.1, 0.15) is 11.6 Å². The molecule has 0 aliphatic carbocycles. The van der Waals surface area contributed by atoms with Gasteiger partial charge in [0, 0.05) is 6.54 Å². The Labute approximate surface area is 109 Å². The van der Waals surface area contributed by atoms with Gasteiger partial charge >= 0.3 is 0 Å². The zero-order valence-electron chi connectivity index (χ0n) is 11.8. The van der Waals surface area contributed by atoms with Crippen molar-refractivity contribution in [3.05, 3.63) is 12.2 Å². The molecule has 1 fully saturated rings. The molecule has 102 valence electrons. The standard InChI is InChI=1S/C14H24N2O2/c1-5-8-9-10-16-11(4)12(17)15-14(6-2,7-3)13(16)18/h5,8,11H,6-7,9-10H2,1-4H3,(H,15,17)/b8-5+. The van der Waals surface area contributed by atoms with Crippen molar-refractivity contribution >= 4 is 11.8 Å². The van der Waals surface area contributed by atoms with Crippen LogP contribution in [0.5, 0.6) is 0 Å². The molecule has 1 aliphatic heterocycles. The summed E-state index contributed by atoms with van der Waals surface area (Å²) in [5, 5.41) is 2.90. The Kier molecular flexibility index (Phi) is 4.93. The molecule has 18 heavy (non-hydrogen) atoms. The molecule has 1 aliphatic rings. The summed E-state index contributed by atoms with van der Waals surface area (Å²) in [5.41, 5.74) is -0.695. The number of hydrogen-bond acceptors (Lipinski definition) is 2. The largest absolute Gasteiger partial charge is 0.340 e. The van der Waals surface area contributed by atoms with Gasteiger partial charge in [-0.15, -0.1) is 0 Å². The Morgan fingerprint density at radius 3 is 2.44 bits per heavy atom. The molecule has 0 aromatic rings. The van der Waals surface area contributed by atoms with Gasteiger partial charge in [-0.05, 0) is 33.1 Å². The van der Waals surface area contributed by atoms with Crippen molar-refractivity contribution in [2.45, 2.75) is 58.5 Å². The Morgan fingerprint density at radius 2 is 1.94 bits per heavy atom. The molecule has 1 saturated heterocycles. The smallest absolute Gasteiger partial charge is 0.248 e. The van der Waals surface area contributed by atoms with E-state index in [2.05, 4.69) is 5.32 Å². The van der Waals surface area contributed by atoms with E-state index in [-0.39, 0.29) is 17.9 Å². The van der Waals surface area contributed by atoms with Crippen LogP contribution in [0.3, 0.4) is 0 Å². The summed E-state index contributed by atoms with van der Waals surface area (Å²) >= 11 is 0. The summed E-state index contributed by atoms with van der Waals surface area (Å²) in [6, 6.07) is -0.367. The minimum atomic E-state index is -0.695. The number of carbonyl (C=O) groups excluding carboxylic acids is 2. The fourth-order valence-electron chi connectivity index (χ4n) is 2.39. The number of nitrogens with zero attached hydrogens (tertiary/aromatic N) is 1. The zero-order chi connectivity index (χ0) is 13.8. The first-order chi connectivity index (χ1) is 8.52. The van der Waals surface area contributed by atoms with Crippen LogP contribution in [0.25, 0.3) is 0 Å². The van der Waals surface area contributed by atoms with Crippen LogP contribution >= 0.6 is 0 Å². The molecule has 0 spiro atoms. The van der Waals surface area contributed by atoms with E-state index in [0.717, 1.165) is 6.42 Å². The first-order valence-corrected chi connectivity index (χ1v) is 6.76. The molecule has 1 heterocycles. The highest BCUT2D eigenvalue weighted by Gasteiger charge is 2.46. The van der Waals surface area contributed by atoms with Crippen LogP contribution in [0.2, 0.25) is 0 Å². The van der Waals surface area contributed by atoms with Gasteiger partial charge in [-0.1, -0.05) is 26.0 Å². The van der Waals surface area contributed by atoms with Crippen molar-refractivity contribution in [3.63, 3.8) is 0 Å². The number of carbonyl (C=O) groups is 2. The number of rotatable bonds is 5. The molecule has 0 aromatic carbocycles. The first-order valence-electron chi connectivity index (χ1n) is 6.76. The lowest BCUT2D eigenvalue weighted by Crippen LogP contribution is -2.69. The molecule has 0 saturated carbocycles. The van der Waals surface area contributed by atoms with Crippen molar-refractivity contribution in [2.75, 3.05) is 6.54 Å². The maximum atomic E-state index is 12.5. The van der Waals surface area contributed by atoms with Crippen LogP contribution in [-0.2, 0) is 9.59 Å². The molecule has 1 unspecified atom stereocenters. The molecule has 1 rings (SSSR count). The molecule has 0 aromatic heterocycles. The molecular formula is C14H24N2O2. The van der Waals surface area contributed by atoms with Crippen LogP contribution in [0, 0.1) is 0 Å². The average Bonchev–Trinajstić information content (AvgIpc) is 2.38. The van der Waals surface area contributed by atoms with Gasteiger partial charge < -0.3 is 10.2 Å². The predicted octanol–water partition coefficient (Wildman–Crippen LogP) is 1.86. The summed E-state index contributed by atoms with van der Waals surface area (Å²) in [7, 11) is 0. The first kappa shape index (κ1) is 14.7. The van der Waals surface area contributed by atoms with E-state index in [9.17, 15) is 9.59 Å². The Hall–Kier alpha value is -1.32. The van der Waals surface area contributed by atoms with E-state index in [1.165, 1.54) is 0 Å². The highest BCUT2D eigenvalue weighted by molar-refractivity contribution is 5.99. The van der Waals surface area contributed by atoms with Crippen LogP contribution in [0.4, 0.5) is 0 Å². The van der Waals surface area contributed by atoms with Gasteiger partial charge in [-0.25, -0.2) is 0 Å². The van der Waals surface area contributed by atoms with Gasteiger partial charge in [0.15, 0.2) is 0 Å². The number of piperazine rings is 1. The van der Waals surface area contributed by atoms with Crippen molar-refractivity contribution in [3.8, 4) is 0 Å². The monoisotopic (exact) mass is 252 g/mol. The number of hydrogen-bond donors (Lipinski definition) is 1. The molecular weight excluding hydrogens is 228 g/mol. The molecule has 1 N–H and O–H groups in total. The van der Waals surface area contributed by atoms with Crippen molar-refractivity contribution in [1.82, 2.24) is 10.2 Å². The van der Waals surface area contributed by atoms with Gasteiger partial charge in [0.05, 0.1) is 0 Å². The van der Waals surface area contributed by atoms with Gasteiger partial charge in [-0.3, -0.25) is 9.59 Å². The Morgan fingerprint density at radius 1 is 1.33 bits per heavy atom. The topological polar surface area (TPSA) is 49.4 Å². The maximum Gasteiger partial charge on any atom is 0.248 e. The lowest BCUT2D eigenvalue weighted by Gasteiger charge is -2.44. The van der Waals surface area contributed by atoms with E-state index in [1.807, 2.05) is 32.9 Å². The molecule has 4 nitrogen and oxygen atoms in total. The average molecular weight is 252 g/mol. The predicted molar refractivity (Wildman–Crippen MR) is 72.1 cm³/mol. The van der Waals surface area contributed by atoms with E-state index in [0.29, 0.717) is 19.4 Å². The summed E-state index contributed by atoms with van der Waals surface area (Å²) in [6.45, 7) is 8.25. The summed E-state index contributed by atoms with van der Waals surface area (Å²) in [5.74, 6) is 0.0166. The van der Waals surface area contributed by atoms with Crippen molar-refractivity contribution < 1.29 is 9.59 Å². The van der Waals surface area contributed by atoms with Gasteiger partial charge in [0.25, 0.3) is 0 Å². The van der Waals surface area contributed by atoms with Crippen LogP contribution in [0.1, 0.15) is 47.0 Å². The third kappa shape index (κ3) is 2.57. The highest BCUT2D eigenvalue weighted by atomic mass is 16.2. The third-order valence-electron chi connectivity index (χ3n) is 3.86. The van der Waals surface area contributed by atoms with Crippen molar-refractivity contribution in [1.29, 1.82) is 0 Å². The van der Waals surface area contributed by atoms with E-state index >= 15 is 0 Å². The lowest BCUT2D eigenvalue weighted by molar-refractivity contribution is -0.154. The quantitative estimate of drug-likeness (QED) is 0.759. The van der Waals surface area contributed by atoms with E-state index in [4.69, 9.17) is 0 Å². The SMILES string of the molecule is C/C=C/CCN1C(=O)C(CC)(CC)NC(=O)C1C. The summed E-state index contributed by atoms with van der Waals surface area (Å²) < 4.78 is 0. The summed E-state index contributed by atoms with van der Waals surface area (Å²) in [6.07, 6.45) is 6.06. The maximum absolute atomic E-state index is 12.5. The van der Waals surface area contributed by atoms with E-state index in [1.54, 1.807) is 11.8 Å². The van der Waals surface area contributed by atoms with Crippen LogP contribution < -0.4 is 5.32 Å². The minimum absolute atomic E-state index is 0.0428. The number of amides is 2. The van der Waals surface area contributed by atoms with E-state index < -0.39 is 5.54 Å². The highest BCUT2D eigenvalue weighted by Crippen LogP contribution is 2.25. The van der Waals surface area contributed by atoms with Crippen LogP contribution in [-0.4, -0.2) is 34.8 Å². The molecule has 2 amide bonds. The second kappa shape index (κ2) is 6.03. The second-order valence-corrected chi connectivity index (χ2v) is 4.81. The fourth-order valence-corrected chi connectivity index (χ4v) is 2.39. The fraction of sp³-hybridized carbons (Fsp3) is 0.714. The lowest BCUT2D eigenvalue weighted by atomic mass is 9.87. The number of nitrogens with one attached hydrogen (secondary N) is 1. The Balaban J connectivity index is 2.91. The normalized spacial score (nSPS) is 23.6. The van der Waals surface area contributed by atoms with Crippen molar-refractivity contribution in [2.24, 2.45) is 0 Å².